The fraction of sp³-hybridized carbons (Fsp3) is 0.417. The first-order valence-corrected chi connectivity index (χ1v) is 10.8. The van der Waals surface area contributed by atoms with Gasteiger partial charge in [0.1, 0.15) is 18.2 Å². The number of aromatic nitrogens is 1. The van der Waals surface area contributed by atoms with E-state index in [2.05, 4.69) is 46.2 Å². The van der Waals surface area contributed by atoms with Gasteiger partial charge in [-0.1, -0.05) is 30.9 Å². The molecule has 0 spiro atoms. The molecule has 0 amide bonds. The molecule has 0 atom stereocenters. The Morgan fingerprint density at radius 2 is 2.00 bits per heavy atom. The summed E-state index contributed by atoms with van der Waals surface area (Å²) in [6.45, 7) is 10.5. The Hall–Kier alpha value is -2.29. The summed E-state index contributed by atoms with van der Waals surface area (Å²) in [6, 6.07) is 12.2. The third-order valence-electron chi connectivity index (χ3n) is 5.03. The molecule has 0 saturated carbocycles. The number of nitrogens with zero attached hydrogens (tertiary/aromatic N) is 3. The van der Waals surface area contributed by atoms with Gasteiger partial charge in [0.25, 0.3) is 0 Å². The van der Waals surface area contributed by atoms with Crippen molar-refractivity contribution in [3.8, 4) is 5.75 Å². The zero-order valence-electron chi connectivity index (χ0n) is 18.3. The van der Waals surface area contributed by atoms with E-state index in [9.17, 15) is 0 Å². The van der Waals surface area contributed by atoms with Crippen molar-refractivity contribution in [2.45, 2.75) is 39.3 Å². The molecule has 0 bridgehead atoms. The minimum Gasteiger partial charge on any atom is -0.489 e. The molecule has 0 aliphatic carbocycles. The Balaban J connectivity index is 0.00000341. The van der Waals surface area contributed by atoms with E-state index in [-0.39, 0.29) is 24.0 Å². The molecule has 0 unspecified atom stereocenters. The maximum absolute atomic E-state index is 5.75. The first kappa shape index (κ1) is 25.0. The molecule has 7 heteroatoms. The number of guanidine groups is 1. The summed E-state index contributed by atoms with van der Waals surface area (Å²) in [4.78, 5) is 11.7. The summed E-state index contributed by atoms with van der Waals surface area (Å²) in [5.74, 6) is 2.71. The highest BCUT2D eigenvalue weighted by molar-refractivity contribution is 14.0. The lowest BCUT2D eigenvalue weighted by molar-refractivity contribution is 0.358. The standard InChI is InChI=1S/C24H33N5O.HI/c1-3-16-30-22-11-7-6-10-21(22)19-28-24(25-4-2)27-18-20-12-13-26-23(17-20)29-14-8-5-9-15-29;/h3,6-7,10-13,17H,1,4-5,8-9,14-16,18-19H2,2H3,(H2,25,27,28);1H. The molecule has 3 rings (SSSR count). The van der Waals surface area contributed by atoms with Gasteiger partial charge in [-0.2, -0.15) is 0 Å². The topological polar surface area (TPSA) is 61.8 Å². The first-order chi connectivity index (χ1) is 14.8. The van der Waals surface area contributed by atoms with Gasteiger partial charge >= 0.3 is 0 Å². The summed E-state index contributed by atoms with van der Waals surface area (Å²) in [6.07, 6.45) is 7.46. The quantitative estimate of drug-likeness (QED) is 0.214. The number of pyridine rings is 1. The van der Waals surface area contributed by atoms with Crippen LogP contribution in [-0.4, -0.2) is 37.2 Å². The minimum absolute atomic E-state index is 0. The summed E-state index contributed by atoms with van der Waals surface area (Å²) in [5, 5.41) is 6.73. The smallest absolute Gasteiger partial charge is 0.191 e. The second kappa shape index (κ2) is 13.9. The molecule has 6 nitrogen and oxygen atoms in total. The summed E-state index contributed by atoms with van der Waals surface area (Å²) in [5.41, 5.74) is 2.25. The van der Waals surface area contributed by atoms with E-state index in [0.717, 1.165) is 48.3 Å². The molecule has 1 aromatic heterocycles. The van der Waals surface area contributed by atoms with Gasteiger partial charge in [-0.15, -0.1) is 24.0 Å². The van der Waals surface area contributed by atoms with E-state index in [1.165, 1.54) is 19.3 Å². The van der Waals surface area contributed by atoms with Gasteiger partial charge in [-0.25, -0.2) is 9.98 Å². The number of aliphatic imine (C=N–C) groups is 1. The number of rotatable bonds is 9. The molecular weight excluding hydrogens is 501 g/mol. The van der Waals surface area contributed by atoms with Crippen LogP contribution in [0, 0.1) is 0 Å². The predicted octanol–water partition coefficient (Wildman–Crippen LogP) is 4.51. The third kappa shape index (κ3) is 8.05. The van der Waals surface area contributed by atoms with E-state index in [4.69, 9.17) is 9.73 Å². The number of benzene rings is 1. The number of halogens is 1. The zero-order chi connectivity index (χ0) is 21.0. The van der Waals surface area contributed by atoms with Gasteiger partial charge in [0, 0.05) is 37.9 Å². The average Bonchev–Trinajstić information content (AvgIpc) is 2.81. The third-order valence-corrected chi connectivity index (χ3v) is 5.03. The van der Waals surface area contributed by atoms with Gasteiger partial charge in [0.05, 0.1) is 6.54 Å². The van der Waals surface area contributed by atoms with Crippen molar-refractivity contribution in [3.05, 3.63) is 66.4 Å². The number of piperidine rings is 1. The lowest BCUT2D eigenvalue weighted by Crippen LogP contribution is -2.36. The Bertz CT molecular complexity index is 836. The molecule has 1 aromatic carbocycles. The van der Waals surface area contributed by atoms with Crippen molar-refractivity contribution in [1.29, 1.82) is 0 Å². The molecule has 1 fully saturated rings. The maximum Gasteiger partial charge on any atom is 0.191 e. The number of para-hydroxylation sites is 1. The van der Waals surface area contributed by atoms with Crippen LogP contribution >= 0.6 is 24.0 Å². The van der Waals surface area contributed by atoms with E-state index < -0.39 is 0 Å². The monoisotopic (exact) mass is 535 g/mol. The summed E-state index contributed by atoms with van der Waals surface area (Å²) < 4.78 is 5.75. The molecule has 2 N–H and O–H groups in total. The molecule has 2 aromatic rings. The lowest BCUT2D eigenvalue weighted by atomic mass is 10.1. The highest BCUT2D eigenvalue weighted by atomic mass is 127. The fourth-order valence-electron chi connectivity index (χ4n) is 3.49. The Labute approximate surface area is 203 Å². The largest absolute Gasteiger partial charge is 0.489 e. The first-order valence-electron chi connectivity index (χ1n) is 10.8. The van der Waals surface area contributed by atoms with Gasteiger partial charge in [0.2, 0.25) is 0 Å². The molecule has 2 heterocycles. The summed E-state index contributed by atoms with van der Waals surface area (Å²) in [7, 11) is 0. The fourth-order valence-corrected chi connectivity index (χ4v) is 3.49. The van der Waals surface area contributed by atoms with E-state index >= 15 is 0 Å². The van der Waals surface area contributed by atoms with Crippen LogP contribution in [-0.2, 0) is 13.1 Å². The van der Waals surface area contributed by atoms with Crippen LogP contribution in [0.5, 0.6) is 5.75 Å². The van der Waals surface area contributed by atoms with E-state index in [0.29, 0.717) is 19.7 Å². The molecular formula is C24H34IN5O. The SMILES string of the molecule is C=CCOc1ccccc1CNC(=NCc1ccnc(N2CCCCC2)c1)NCC.I. The van der Waals surface area contributed by atoms with Gasteiger partial charge in [0.15, 0.2) is 5.96 Å². The maximum atomic E-state index is 5.75. The molecule has 1 aliphatic rings. The zero-order valence-corrected chi connectivity index (χ0v) is 20.7. The Morgan fingerprint density at radius 3 is 2.77 bits per heavy atom. The van der Waals surface area contributed by atoms with E-state index in [1.54, 1.807) is 6.08 Å². The van der Waals surface area contributed by atoms with Crippen LogP contribution in [0.3, 0.4) is 0 Å². The van der Waals surface area contributed by atoms with Crippen LogP contribution in [0.2, 0.25) is 0 Å². The van der Waals surface area contributed by atoms with Gasteiger partial charge < -0.3 is 20.3 Å². The van der Waals surface area contributed by atoms with Crippen molar-refractivity contribution in [1.82, 2.24) is 15.6 Å². The van der Waals surface area contributed by atoms with Crippen molar-refractivity contribution in [2.24, 2.45) is 4.99 Å². The van der Waals surface area contributed by atoms with Crippen LogP contribution in [0.25, 0.3) is 0 Å². The van der Waals surface area contributed by atoms with E-state index in [1.807, 2.05) is 30.5 Å². The number of anilines is 1. The lowest BCUT2D eigenvalue weighted by Gasteiger charge is -2.27. The van der Waals surface area contributed by atoms with Crippen molar-refractivity contribution < 1.29 is 4.74 Å². The molecule has 31 heavy (non-hydrogen) atoms. The molecule has 168 valence electrons. The Morgan fingerprint density at radius 1 is 1.19 bits per heavy atom. The van der Waals surface area contributed by atoms with Gasteiger partial charge in [-0.3, -0.25) is 0 Å². The van der Waals surface area contributed by atoms with Crippen LogP contribution < -0.4 is 20.3 Å². The normalized spacial score (nSPS) is 13.8. The minimum atomic E-state index is 0. The second-order valence-corrected chi connectivity index (χ2v) is 7.33. The number of hydrogen-bond donors (Lipinski definition) is 2. The second-order valence-electron chi connectivity index (χ2n) is 7.33. The van der Waals surface area contributed by atoms with Crippen molar-refractivity contribution >= 4 is 35.8 Å². The predicted molar refractivity (Wildman–Crippen MR) is 140 cm³/mol. The van der Waals surface area contributed by atoms with Crippen molar-refractivity contribution in [2.75, 3.05) is 31.1 Å². The van der Waals surface area contributed by atoms with Gasteiger partial charge in [-0.05, 0) is 49.9 Å². The number of nitrogens with one attached hydrogen (secondary N) is 2. The van der Waals surface area contributed by atoms with Crippen LogP contribution in [0.4, 0.5) is 5.82 Å². The van der Waals surface area contributed by atoms with Crippen molar-refractivity contribution in [3.63, 3.8) is 0 Å². The highest BCUT2D eigenvalue weighted by Gasteiger charge is 2.12. The number of ether oxygens (including phenoxy) is 1. The molecule has 1 saturated heterocycles. The van der Waals surface area contributed by atoms with Crippen LogP contribution in [0.1, 0.15) is 37.3 Å². The summed E-state index contributed by atoms with van der Waals surface area (Å²) >= 11 is 0. The highest BCUT2D eigenvalue weighted by Crippen LogP contribution is 2.19. The molecule has 0 radical (unpaired) electrons. The van der Waals surface area contributed by atoms with Crippen LogP contribution in [0.15, 0.2) is 60.2 Å². The molecule has 1 aliphatic heterocycles. The number of hydrogen-bond acceptors (Lipinski definition) is 4. The Kier molecular flexibility index (Phi) is 11.2. The average molecular weight is 535 g/mol.